The molecule has 0 aliphatic heterocycles. The van der Waals surface area contributed by atoms with Gasteiger partial charge in [0.15, 0.2) is 0 Å². The Hall–Kier alpha value is -1.07. The molecule has 0 saturated heterocycles. The molecule has 2 atom stereocenters. The van der Waals surface area contributed by atoms with Gasteiger partial charge < -0.3 is 15.6 Å². The molecule has 21 heavy (non-hydrogen) atoms. The summed E-state index contributed by atoms with van der Waals surface area (Å²) >= 11 is 7.65. The number of rotatable bonds is 6. The molecule has 0 bridgehead atoms. The quantitative estimate of drug-likeness (QED) is 0.850. The minimum absolute atomic E-state index is 0.248. The van der Waals surface area contributed by atoms with E-state index in [1.165, 1.54) is 0 Å². The number of hydrogen-bond donors (Lipinski definition) is 2. The lowest BCUT2D eigenvalue weighted by molar-refractivity contribution is 0.149. The molecule has 2 rings (SSSR count). The Morgan fingerprint density at radius 3 is 2.76 bits per heavy atom. The van der Waals surface area contributed by atoms with Crippen molar-refractivity contribution in [3.63, 3.8) is 0 Å². The van der Waals surface area contributed by atoms with Crippen LogP contribution in [0.4, 0.5) is 0 Å². The van der Waals surface area contributed by atoms with E-state index in [-0.39, 0.29) is 5.92 Å². The van der Waals surface area contributed by atoms with E-state index in [2.05, 4.69) is 6.92 Å². The monoisotopic (exact) mass is 325 g/mol. The molecule has 3 N–H and O–H groups in total. The first-order valence-electron chi connectivity index (χ1n) is 6.90. The summed E-state index contributed by atoms with van der Waals surface area (Å²) in [6.07, 6.45) is 0.233. The molecule has 5 heteroatoms. The Balaban J connectivity index is 2.42. The number of methoxy groups -OCH3 is 1. The van der Waals surface area contributed by atoms with Crippen LogP contribution in [0.3, 0.4) is 0 Å². The Kier molecular flexibility index (Phi) is 5.65. The third-order valence-electron chi connectivity index (χ3n) is 3.66. The highest BCUT2D eigenvalue weighted by Gasteiger charge is 2.27. The van der Waals surface area contributed by atoms with Gasteiger partial charge >= 0.3 is 0 Å². The van der Waals surface area contributed by atoms with Crippen LogP contribution in [0.15, 0.2) is 29.6 Å². The lowest BCUT2D eigenvalue weighted by atomic mass is 9.90. The minimum atomic E-state index is -0.655. The van der Waals surface area contributed by atoms with Crippen molar-refractivity contribution in [3.05, 3.63) is 50.7 Å². The van der Waals surface area contributed by atoms with Crippen LogP contribution in [0, 0.1) is 0 Å². The summed E-state index contributed by atoms with van der Waals surface area (Å²) in [5.41, 5.74) is 7.93. The number of thiophene rings is 1. The maximum atomic E-state index is 10.8. The Morgan fingerprint density at radius 2 is 2.14 bits per heavy atom. The largest absolute Gasteiger partial charge is 0.496 e. The zero-order valence-electron chi connectivity index (χ0n) is 12.2. The third kappa shape index (κ3) is 3.40. The van der Waals surface area contributed by atoms with Gasteiger partial charge in [-0.25, -0.2) is 0 Å². The topological polar surface area (TPSA) is 55.5 Å². The second kappa shape index (κ2) is 7.27. The summed E-state index contributed by atoms with van der Waals surface area (Å²) in [5.74, 6) is 0.450. The van der Waals surface area contributed by atoms with E-state index in [4.69, 9.17) is 22.1 Å². The van der Waals surface area contributed by atoms with Crippen molar-refractivity contribution in [2.24, 2.45) is 5.73 Å². The fraction of sp³-hybridized carbons (Fsp3) is 0.375. The Bertz CT molecular complexity index is 600. The summed E-state index contributed by atoms with van der Waals surface area (Å²) in [7, 11) is 1.61. The smallest absolute Gasteiger partial charge is 0.122 e. The first kappa shape index (κ1) is 16.3. The van der Waals surface area contributed by atoms with Crippen molar-refractivity contribution in [1.82, 2.24) is 0 Å². The predicted octanol–water partition coefficient (Wildman–Crippen LogP) is 3.75. The summed E-state index contributed by atoms with van der Waals surface area (Å²) < 4.78 is 5.39. The second-order valence-corrected chi connectivity index (χ2v) is 6.22. The fourth-order valence-corrected chi connectivity index (χ4v) is 3.73. The predicted molar refractivity (Wildman–Crippen MR) is 88.5 cm³/mol. The van der Waals surface area contributed by atoms with E-state index in [1.54, 1.807) is 24.5 Å². The van der Waals surface area contributed by atoms with Crippen molar-refractivity contribution in [2.75, 3.05) is 13.7 Å². The van der Waals surface area contributed by atoms with Gasteiger partial charge in [-0.05, 0) is 41.6 Å². The van der Waals surface area contributed by atoms with Crippen molar-refractivity contribution < 1.29 is 9.84 Å². The lowest BCUT2D eigenvalue weighted by Gasteiger charge is -2.24. The number of aliphatic hydroxyl groups excluding tert-OH is 1. The van der Waals surface area contributed by atoms with Gasteiger partial charge in [-0.2, -0.15) is 0 Å². The van der Waals surface area contributed by atoms with E-state index in [1.807, 2.05) is 23.6 Å². The lowest BCUT2D eigenvalue weighted by Crippen LogP contribution is -2.21. The molecule has 2 aromatic rings. The summed E-state index contributed by atoms with van der Waals surface area (Å²) in [6, 6.07) is 7.45. The van der Waals surface area contributed by atoms with Crippen LogP contribution in [0.1, 0.15) is 34.9 Å². The molecule has 114 valence electrons. The van der Waals surface area contributed by atoms with Crippen molar-refractivity contribution in [2.45, 2.75) is 25.4 Å². The van der Waals surface area contributed by atoms with E-state index in [9.17, 15) is 5.11 Å². The van der Waals surface area contributed by atoms with Crippen LogP contribution in [0.5, 0.6) is 5.75 Å². The van der Waals surface area contributed by atoms with E-state index in [0.29, 0.717) is 17.3 Å². The number of ether oxygens (including phenoxy) is 1. The van der Waals surface area contributed by atoms with Gasteiger partial charge in [-0.15, -0.1) is 11.3 Å². The highest BCUT2D eigenvalue weighted by atomic mass is 35.5. The molecule has 0 amide bonds. The van der Waals surface area contributed by atoms with E-state index < -0.39 is 6.10 Å². The maximum absolute atomic E-state index is 10.8. The molecule has 3 nitrogen and oxygen atoms in total. The first-order chi connectivity index (χ1) is 10.1. The standard InChI is InChI=1S/C16H20ClNO2S/c1-3-10-6-7-21-16(10)15(19)13(9-18)12-8-11(17)4-5-14(12)20-2/h4-8,13,15,19H,3,9,18H2,1-2H3. The average Bonchev–Trinajstić information content (AvgIpc) is 2.96. The number of nitrogens with two attached hydrogens (primary N) is 1. The van der Waals surface area contributed by atoms with Crippen molar-refractivity contribution >= 4 is 22.9 Å². The van der Waals surface area contributed by atoms with Crippen molar-refractivity contribution in [3.8, 4) is 5.75 Å². The van der Waals surface area contributed by atoms with Gasteiger partial charge in [0.2, 0.25) is 0 Å². The minimum Gasteiger partial charge on any atom is -0.496 e. The van der Waals surface area contributed by atoms with Crippen LogP contribution in [0.2, 0.25) is 5.02 Å². The number of aliphatic hydroxyl groups is 1. The fourth-order valence-electron chi connectivity index (χ4n) is 2.50. The SMILES string of the molecule is CCc1ccsc1C(O)C(CN)c1cc(Cl)ccc1OC. The molecule has 1 aromatic heterocycles. The average molecular weight is 326 g/mol. The van der Waals surface area contributed by atoms with Crippen LogP contribution < -0.4 is 10.5 Å². The van der Waals surface area contributed by atoms with E-state index in [0.717, 1.165) is 22.4 Å². The molecule has 0 saturated carbocycles. The third-order valence-corrected chi connectivity index (χ3v) is 4.92. The number of hydrogen-bond acceptors (Lipinski definition) is 4. The van der Waals surface area contributed by atoms with Gasteiger partial charge in [-0.1, -0.05) is 18.5 Å². The van der Waals surface area contributed by atoms with Crippen LogP contribution in [-0.4, -0.2) is 18.8 Å². The molecule has 1 aromatic carbocycles. The number of aryl methyl sites for hydroxylation is 1. The highest BCUT2D eigenvalue weighted by molar-refractivity contribution is 7.10. The van der Waals surface area contributed by atoms with Crippen LogP contribution in [-0.2, 0) is 6.42 Å². The summed E-state index contributed by atoms with van der Waals surface area (Å²) in [5, 5.41) is 13.4. The Morgan fingerprint density at radius 1 is 1.38 bits per heavy atom. The van der Waals surface area contributed by atoms with Crippen LogP contribution >= 0.6 is 22.9 Å². The first-order valence-corrected chi connectivity index (χ1v) is 8.15. The summed E-state index contributed by atoms with van der Waals surface area (Å²) in [6.45, 7) is 2.40. The molecule has 0 spiro atoms. The zero-order valence-corrected chi connectivity index (χ0v) is 13.7. The van der Waals surface area contributed by atoms with Crippen LogP contribution in [0.25, 0.3) is 0 Å². The molecular weight excluding hydrogens is 306 g/mol. The Labute approximate surface area is 134 Å². The van der Waals surface area contributed by atoms with Gasteiger partial charge in [0.05, 0.1) is 13.2 Å². The highest BCUT2D eigenvalue weighted by Crippen LogP contribution is 2.39. The second-order valence-electron chi connectivity index (χ2n) is 4.84. The maximum Gasteiger partial charge on any atom is 0.122 e. The molecule has 0 aliphatic rings. The molecule has 2 unspecified atom stereocenters. The van der Waals surface area contributed by atoms with Gasteiger partial charge in [0, 0.05) is 27.9 Å². The van der Waals surface area contributed by atoms with Crippen molar-refractivity contribution in [1.29, 1.82) is 0 Å². The van der Waals surface area contributed by atoms with Gasteiger partial charge in [-0.3, -0.25) is 0 Å². The van der Waals surface area contributed by atoms with E-state index >= 15 is 0 Å². The normalized spacial score (nSPS) is 14.0. The number of halogens is 1. The molecule has 0 radical (unpaired) electrons. The zero-order chi connectivity index (χ0) is 15.4. The molecule has 1 heterocycles. The van der Waals surface area contributed by atoms with Gasteiger partial charge in [0.1, 0.15) is 5.75 Å². The molecule has 0 aliphatic carbocycles. The number of benzene rings is 1. The van der Waals surface area contributed by atoms with Gasteiger partial charge in [0.25, 0.3) is 0 Å². The molecule has 0 fully saturated rings. The molecular formula is C16H20ClNO2S. The summed E-state index contributed by atoms with van der Waals surface area (Å²) in [4.78, 5) is 0.968.